The number of pyridine rings is 1. The zero-order valence-corrected chi connectivity index (χ0v) is 13.4. The number of amides is 1. The summed E-state index contributed by atoms with van der Waals surface area (Å²) in [6, 6.07) is 11.5. The molecule has 6 heteroatoms. The van der Waals surface area contributed by atoms with Gasteiger partial charge in [-0.3, -0.25) is 9.78 Å². The number of rotatable bonds is 6. The third-order valence-corrected chi connectivity index (χ3v) is 3.60. The highest BCUT2D eigenvalue weighted by Gasteiger charge is 2.11. The Hall–Kier alpha value is -3.02. The number of carbonyl (C=O) groups is 1. The molecule has 0 unspecified atom stereocenters. The van der Waals surface area contributed by atoms with Crippen molar-refractivity contribution in [1.29, 1.82) is 0 Å². The van der Waals surface area contributed by atoms with Crippen LogP contribution >= 0.6 is 0 Å². The molecule has 122 valence electrons. The van der Waals surface area contributed by atoms with Crippen molar-refractivity contribution in [2.45, 2.75) is 26.2 Å². The fourth-order valence-corrected chi connectivity index (χ4v) is 2.24. The molecule has 6 nitrogen and oxygen atoms in total. The van der Waals surface area contributed by atoms with Crippen LogP contribution in [0.25, 0.3) is 11.4 Å². The number of nitrogens with zero attached hydrogens (tertiary/aromatic N) is 3. The standard InChI is InChI=1S/C18H18N4O2/c1-2-13-5-7-15(8-6-13)20-16(23)9-10-17-21-18(22-24-17)14-4-3-11-19-12-14/h3-8,11-12H,2,9-10H2,1H3,(H,20,23). The zero-order valence-electron chi connectivity index (χ0n) is 13.4. The van der Waals surface area contributed by atoms with E-state index in [1.165, 1.54) is 5.56 Å². The van der Waals surface area contributed by atoms with E-state index in [1.807, 2.05) is 36.4 Å². The highest BCUT2D eigenvalue weighted by Crippen LogP contribution is 2.15. The Balaban J connectivity index is 1.53. The van der Waals surface area contributed by atoms with E-state index >= 15 is 0 Å². The monoisotopic (exact) mass is 322 g/mol. The van der Waals surface area contributed by atoms with Crippen LogP contribution in [0.15, 0.2) is 53.3 Å². The van der Waals surface area contributed by atoms with Gasteiger partial charge in [-0.25, -0.2) is 0 Å². The van der Waals surface area contributed by atoms with Gasteiger partial charge in [0.05, 0.1) is 0 Å². The molecule has 0 spiro atoms. The van der Waals surface area contributed by atoms with Crippen molar-refractivity contribution in [2.24, 2.45) is 0 Å². The molecule has 0 atom stereocenters. The van der Waals surface area contributed by atoms with Crippen LogP contribution in [0.1, 0.15) is 24.8 Å². The first-order chi connectivity index (χ1) is 11.7. The second-order valence-electron chi connectivity index (χ2n) is 5.35. The van der Waals surface area contributed by atoms with Crippen LogP contribution in [0.2, 0.25) is 0 Å². The molecule has 0 aliphatic carbocycles. The normalized spacial score (nSPS) is 10.5. The second kappa shape index (κ2) is 7.50. The summed E-state index contributed by atoms with van der Waals surface area (Å²) in [7, 11) is 0. The summed E-state index contributed by atoms with van der Waals surface area (Å²) in [5, 5.41) is 6.77. The minimum Gasteiger partial charge on any atom is -0.339 e. The van der Waals surface area contributed by atoms with E-state index in [4.69, 9.17) is 4.52 Å². The van der Waals surface area contributed by atoms with Crippen molar-refractivity contribution >= 4 is 11.6 Å². The van der Waals surface area contributed by atoms with E-state index in [0.717, 1.165) is 17.7 Å². The van der Waals surface area contributed by atoms with Crippen molar-refractivity contribution in [3.8, 4) is 11.4 Å². The molecule has 0 fully saturated rings. The largest absolute Gasteiger partial charge is 0.339 e. The van der Waals surface area contributed by atoms with E-state index in [0.29, 0.717) is 18.1 Å². The molecule has 0 aliphatic heterocycles. The molecule has 2 aromatic heterocycles. The van der Waals surface area contributed by atoms with Gasteiger partial charge in [0.15, 0.2) is 0 Å². The Morgan fingerprint density at radius 2 is 2.04 bits per heavy atom. The van der Waals surface area contributed by atoms with Crippen LogP contribution in [-0.2, 0) is 17.6 Å². The van der Waals surface area contributed by atoms with Crippen molar-refractivity contribution in [2.75, 3.05) is 5.32 Å². The molecule has 2 heterocycles. The minimum absolute atomic E-state index is 0.0830. The average molecular weight is 322 g/mol. The molecule has 0 bridgehead atoms. The molecule has 0 saturated heterocycles. The van der Waals surface area contributed by atoms with Gasteiger partial charge in [-0.15, -0.1) is 0 Å². The van der Waals surface area contributed by atoms with Crippen molar-refractivity contribution < 1.29 is 9.32 Å². The van der Waals surface area contributed by atoms with Crippen LogP contribution < -0.4 is 5.32 Å². The van der Waals surface area contributed by atoms with Crippen LogP contribution in [-0.4, -0.2) is 21.0 Å². The summed E-state index contributed by atoms with van der Waals surface area (Å²) >= 11 is 0. The van der Waals surface area contributed by atoms with E-state index < -0.39 is 0 Å². The van der Waals surface area contributed by atoms with Gasteiger partial charge in [0.25, 0.3) is 0 Å². The lowest BCUT2D eigenvalue weighted by Crippen LogP contribution is -2.12. The van der Waals surface area contributed by atoms with Crippen molar-refractivity contribution in [3.05, 3.63) is 60.2 Å². The van der Waals surface area contributed by atoms with Gasteiger partial charge in [0.2, 0.25) is 17.6 Å². The molecule has 24 heavy (non-hydrogen) atoms. The fourth-order valence-electron chi connectivity index (χ4n) is 2.24. The van der Waals surface area contributed by atoms with E-state index in [9.17, 15) is 4.79 Å². The summed E-state index contributed by atoms with van der Waals surface area (Å²) in [5.41, 5.74) is 2.81. The maximum atomic E-state index is 12.0. The molecule has 0 saturated carbocycles. The van der Waals surface area contributed by atoms with Gasteiger partial charge >= 0.3 is 0 Å². The summed E-state index contributed by atoms with van der Waals surface area (Å²) < 4.78 is 5.18. The van der Waals surface area contributed by atoms with Gasteiger partial charge in [-0.2, -0.15) is 4.98 Å². The highest BCUT2D eigenvalue weighted by molar-refractivity contribution is 5.90. The van der Waals surface area contributed by atoms with E-state index in [1.54, 1.807) is 12.4 Å². The molecule has 1 amide bonds. The molecule has 0 radical (unpaired) electrons. The lowest BCUT2D eigenvalue weighted by atomic mass is 10.1. The predicted molar refractivity (Wildman–Crippen MR) is 90.3 cm³/mol. The van der Waals surface area contributed by atoms with Crippen LogP contribution in [0.5, 0.6) is 0 Å². The first kappa shape index (κ1) is 15.9. The number of hydrogen-bond donors (Lipinski definition) is 1. The summed E-state index contributed by atoms with van der Waals surface area (Å²) in [4.78, 5) is 20.3. The molecular formula is C18H18N4O2. The molecule has 1 N–H and O–H groups in total. The smallest absolute Gasteiger partial charge is 0.227 e. The van der Waals surface area contributed by atoms with Gasteiger partial charge in [0, 0.05) is 36.5 Å². The first-order valence-electron chi connectivity index (χ1n) is 7.86. The number of anilines is 1. The fraction of sp³-hybridized carbons (Fsp3) is 0.222. The number of hydrogen-bond acceptors (Lipinski definition) is 5. The Labute approximate surface area is 139 Å². The topological polar surface area (TPSA) is 80.9 Å². The number of benzene rings is 1. The summed E-state index contributed by atoms with van der Waals surface area (Å²) in [6.07, 6.45) is 5.00. The summed E-state index contributed by atoms with van der Waals surface area (Å²) in [6.45, 7) is 2.09. The van der Waals surface area contributed by atoms with Gasteiger partial charge in [-0.05, 0) is 36.2 Å². The maximum absolute atomic E-state index is 12.0. The molecular weight excluding hydrogens is 304 g/mol. The number of nitrogens with one attached hydrogen (secondary N) is 1. The number of carbonyl (C=O) groups excluding carboxylic acids is 1. The quantitative estimate of drug-likeness (QED) is 0.753. The van der Waals surface area contributed by atoms with Gasteiger partial charge in [0.1, 0.15) is 0 Å². The van der Waals surface area contributed by atoms with Gasteiger partial charge in [-0.1, -0.05) is 24.2 Å². The Morgan fingerprint density at radius 1 is 1.21 bits per heavy atom. The SMILES string of the molecule is CCc1ccc(NC(=O)CCc2nc(-c3cccnc3)no2)cc1. The number of aromatic nitrogens is 3. The van der Waals surface area contributed by atoms with Crippen LogP contribution in [0.4, 0.5) is 5.69 Å². The van der Waals surface area contributed by atoms with Crippen LogP contribution in [0, 0.1) is 0 Å². The Kier molecular flexibility index (Phi) is 4.96. The third kappa shape index (κ3) is 4.04. The average Bonchev–Trinajstić information content (AvgIpc) is 3.10. The Bertz CT molecular complexity index is 797. The van der Waals surface area contributed by atoms with Crippen molar-refractivity contribution in [3.63, 3.8) is 0 Å². The summed E-state index contributed by atoms with van der Waals surface area (Å²) in [5.74, 6) is 0.833. The molecule has 3 rings (SSSR count). The Morgan fingerprint density at radius 3 is 2.75 bits per heavy atom. The first-order valence-corrected chi connectivity index (χ1v) is 7.86. The van der Waals surface area contributed by atoms with Gasteiger partial charge < -0.3 is 9.84 Å². The predicted octanol–water partition coefficient (Wildman–Crippen LogP) is 3.27. The molecule has 1 aromatic carbocycles. The maximum Gasteiger partial charge on any atom is 0.227 e. The lowest BCUT2D eigenvalue weighted by Gasteiger charge is -2.05. The third-order valence-electron chi connectivity index (χ3n) is 3.60. The highest BCUT2D eigenvalue weighted by atomic mass is 16.5. The van der Waals surface area contributed by atoms with Crippen LogP contribution in [0.3, 0.4) is 0 Å². The molecule has 0 aliphatic rings. The van der Waals surface area contributed by atoms with E-state index in [-0.39, 0.29) is 12.3 Å². The second-order valence-corrected chi connectivity index (χ2v) is 5.35. The van der Waals surface area contributed by atoms with Crippen molar-refractivity contribution in [1.82, 2.24) is 15.1 Å². The number of aryl methyl sites for hydroxylation is 2. The zero-order chi connectivity index (χ0) is 16.8. The lowest BCUT2D eigenvalue weighted by molar-refractivity contribution is -0.116. The minimum atomic E-state index is -0.0830. The molecule has 3 aromatic rings. The van der Waals surface area contributed by atoms with E-state index in [2.05, 4.69) is 27.4 Å².